The lowest BCUT2D eigenvalue weighted by Crippen LogP contribution is -2.47. The van der Waals surface area contributed by atoms with Gasteiger partial charge < -0.3 is 9.64 Å². The lowest BCUT2D eigenvalue weighted by molar-refractivity contribution is -0.129. The lowest BCUT2D eigenvalue weighted by Gasteiger charge is -2.42. The third-order valence-electron chi connectivity index (χ3n) is 6.02. The van der Waals surface area contributed by atoms with Crippen molar-refractivity contribution in [2.24, 2.45) is 0 Å². The van der Waals surface area contributed by atoms with E-state index < -0.39 is 0 Å². The summed E-state index contributed by atoms with van der Waals surface area (Å²) in [6.45, 7) is 0.947. The standard InChI is InChI=1S/C27H22BrN3O2S/c28-21-8-10-22(11-9-21)30-17-31-26(32)14-24(25(15-29)27(31)34-18-30)20-6-12-23(13-7-20)33-16-19-4-2-1-3-5-19/h1-13,24H,14,16-18H2/t24-/m1/s1. The zero-order chi connectivity index (χ0) is 23.5. The van der Waals surface area contributed by atoms with E-state index in [4.69, 9.17) is 4.74 Å². The Balaban J connectivity index is 1.33. The summed E-state index contributed by atoms with van der Waals surface area (Å²) in [7, 11) is 0. The summed E-state index contributed by atoms with van der Waals surface area (Å²) < 4.78 is 6.91. The van der Waals surface area contributed by atoms with Gasteiger partial charge in [-0.1, -0.05) is 70.2 Å². The van der Waals surface area contributed by atoms with Crippen LogP contribution >= 0.6 is 27.7 Å². The van der Waals surface area contributed by atoms with Gasteiger partial charge in [0.25, 0.3) is 0 Å². The number of allylic oxidation sites excluding steroid dienone is 1. The van der Waals surface area contributed by atoms with Crippen molar-refractivity contribution in [3.8, 4) is 11.8 Å². The number of benzene rings is 3. The Morgan fingerprint density at radius 2 is 1.76 bits per heavy atom. The minimum absolute atomic E-state index is 0.0396. The maximum Gasteiger partial charge on any atom is 0.229 e. The zero-order valence-electron chi connectivity index (χ0n) is 18.4. The molecule has 1 amide bonds. The van der Waals surface area contributed by atoms with Gasteiger partial charge in [-0.15, -0.1) is 0 Å². The Morgan fingerprint density at radius 1 is 1.03 bits per heavy atom. The summed E-state index contributed by atoms with van der Waals surface area (Å²) >= 11 is 5.01. The first-order chi connectivity index (χ1) is 16.6. The molecule has 2 aliphatic rings. The normalized spacial score (nSPS) is 17.9. The molecule has 0 bridgehead atoms. The fourth-order valence-corrected chi connectivity index (χ4v) is 5.63. The molecule has 0 radical (unpaired) electrons. The highest BCUT2D eigenvalue weighted by Gasteiger charge is 2.38. The number of nitriles is 1. The van der Waals surface area contributed by atoms with Crippen LogP contribution in [0.15, 0.2) is 93.9 Å². The van der Waals surface area contributed by atoms with Gasteiger partial charge in [-0.2, -0.15) is 5.26 Å². The number of hydrogen-bond acceptors (Lipinski definition) is 5. The van der Waals surface area contributed by atoms with Crippen LogP contribution in [0.3, 0.4) is 0 Å². The molecule has 3 aromatic carbocycles. The largest absolute Gasteiger partial charge is 0.489 e. The molecule has 0 saturated carbocycles. The number of carbonyl (C=O) groups is 1. The van der Waals surface area contributed by atoms with Gasteiger partial charge in [0.1, 0.15) is 12.4 Å². The molecule has 2 heterocycles. The van der Waals surface area contributed by atoms with Crippen molar-refractivity contribution in [1.29, 1.82) is 5.26 Å². The SMILES string of the molecule is N#CC1=C2SCN(c3ccc(Br)cc3)CN2C(=O)C[C@@H]1c1ccc(OCc2ccccc2)cc1. The zero-order valence-corrected chi connectivity index (χ0v) is 20.8. The maximum absolute atomic E-state index is 13.1. The van der Waals surface area contributed by atoms with Gasteiger partial charge in [0.05, 0.1) is 29.2 Å². The van der Waals surface area contributed by atoms with Crippen molar-refractivity contribution in [3.63, 3.8) is 0 Å². The van der Waals surface area contributed by atoms with Crippen molar-refractivity contribution in [2.75, 3.05) is 17.4 Å². The molecule has 0 N–H and O–H groups in total. The predicted octanol–water partition coefficient (Wildman–Crippen LogP) is 6.25. The van der Waals surface area contributed by atoms with Crippen LogP contribution in [0.4, 0.5) is 5.69 Å². The van der Waals surface area contributed by atoms with Crippen molar-refractivity contribution >= 4 is 39.3 Å². The molecule has 0 unspecified atom stereocenters. The second-order valence-electron chi connectivity index (χ2n) is 8.18. The summed E-state index contributed by atoms with van der Waals surface area (Å²) in [5, 5.41) is 10.8. The number of halogens is 1. The second-order valence-corrected chi connectivity index (χ2v) is 10.0. The number of nitrogens with zero attached hydrogens (tertiary/aromatic N) is 3. The third kappa shape index (κ3) is 4.70. The van der Waals surface area contributed by atoms with Gasteiger partial charge in [0.15, 0.2) is 0 Å². The van der Waals surface area contributed by atoms with E-state index in [0.717, 1.165) is 32.1 Å². The molecule has 5 rings (SSSR count). The average molecular weight is 532 g/mol. The van der Waals surface area contributed by atoms with Crippen LogP contribution in [0.1, 0.15) is 23.5 Å². The van der Waals surface area contributed by atoms with Gasteiger partial charge in [-0.3, -0.25) is 9.69 Å². The van der Waals surface area contributed by atoms with Gasteiger partial charge >= 0.3 is 0 Å². The molecule has 1 fully saturated rings. The molecule has 3 aromatic rings. The van der Waals surface area contributed by atoms with E-state index in [-0.39, 0.29) is 18.2 Å². The number of rotatable bonds is 5. The monoisotopic (exact) mass is 531 g/mol. The van der Waals surface area contributed by atoms with Crippen molar-refractivity contribution < 1.29 is 9.53 Å². The third-order valence-corrected chi connectivity index (χ3v) is 7.70. The topological polar surface area (TPSA) is 56.6 Å². The first-order valence-electron chi connectivity index (χ1n) is 11.0. The van der Waals surface area contributed by atoms with Gasteiger partial charge in [0, 0.05) is 22.5 Å². The number of amides is 1. The summed E-state index contributed by atoms with van der Waals surface area (Å²) in [4.78, 5) is 17.0. The van der Waals surface area contributed by atoms with Crippen LogP contribution in [0.2, 0.25) is 0 Å². The molecular formula is C27H22BrN3O2S. The summed E-state index contributed by atoms with van der Waals surface area (Å²) in [6.07, 6.45) is 0.283. The van der Waals surface area contributed by atoms with Crippen LogP contribution < -0.4 is 9.64 Å². The molecule has 1 saturated heterocycles. The van der Waals surface area contributed by atoms with E-state index in [1.807, 2.05) is 78.9 Å². The van der Waals surface area contributed by atoms with Gasteiger partial charge in [-0.05, 0) is 47.5 Å². The van der Waals surface area contributed by atoms with Gasteiger partial charge in [-0.25, -0.2) is 0 Å². The Morgan fingerprint density at radius 3 is 2.47 bits per heavy atom. The fourth-order valence-electron chi connectivity index (χ4n) is 4.20. The van der Waals surface area contributed by atoms with Crippen molar-refractivity contribution in [2.45, 2.75) is 18.9 Å². The molecule has 1 atom stereocenters. The van der Waals surface area contributed by atoms with E-state index >= 15 is 0 Å². The van der Waals surface area contributed by atoms with E-state index in [0.29, 0.717) is 24.7 Å². The maximum atomic E-state index is 13.1. The summed E-state index contributed by atoms with van der Waals surface area (Å²) in [5.74, 6) is 1.25. The summed E-state index contributed by atoms with van der Waals surface area (Å²) in [5.41, 5.74) is 3.78. The van der Waals surface area contributed by atoms with Crippen LogP contribution in [0.25, 0.3) is 0 Å². The molecule has 0 aromatic heterocycles. The van der Waals surface area contributed by atoms with Crippen molar-refractivity contribution in [1.82, 2.24) is 4.90 Å². The molecule has 170 valence electrons. The first-order valence-corrected chi connectivity index (χ1v) is 12.7. The second kappa shape index (κ2) is 9.96. The van der Waals surface area contributed by atoms with Crippen molar-refractivity contribution in [3.05, 3.63) is 105 Å². The first kappa shape index (κ1) is 22.6. The smallest absolute Gasteiger partial charge is 0.229 e. The van der Waals surface area contributed by atoms with E-state index in [9.17, 15) is 10.1 Å². The number of carbonyl (C=O) groups excluding carboxylic acids is 1. The highest BCUT2D eigenvalue weighted by atomic mass is 79.9. The summed E-state index contributed by atoms with van der Waals surface area (Å²) in [6, 6.07) is 28.2. The molecule has 0 spiro atoms. The molecule has 5 nitrogen and oxygen atoms in total. The minimum atomic E-state index is -0.237. The van der Waals surface area contributed by atoms with E-state index in [1.54, 1.807) is 16.7 Å². The van der Waals surface area contributed by atoms with E-state index in [1.165, 1.54) is 0 Å². The number of anilines is 1. The van der Waals surface area contributed by atoms with Gasteiger partial charge in [0.2, 0.25) is 5.91 Å². The Labute approximate surface area is 211 Å². The Bertz CT molecular complexity index is 1250. The molecular weight excluding hydrogens is 510 g/mol. The van der Waals surface area contributed by atoms with Crippen LogP contribution in [0, 0.1) is 11.3 Å². The molecule has 7 heteroatoms. The highest BCUT2D eigenvalue weighted by Crippen LogP contribution is 2.43. The van der Waals surface area contributed by atoms with Crippen LogP contribution in [-0.4, -0.2) is 23.4 Å². The average Bonchev–Trinajstić information content (AvgIpc) is 2.89. The minimum Gasteiger partial charge on any atom is -0.489 e. The number of ether oxygens (including phenoxy) is 1. The Hall–Kier alpha value is -3.21. The quantitative estimate of drug-likeness (QED) is 0.389. The number of fused-ring (bicyclic) bond motifs is 1. The number of thioether (sulfide) groups is 1. The fraction of sp³-hybridized carbons (Fsp3) is 0.185. The molecule has 0 aliphatic carbocycles. The molecule has 2 aliphatic heterocycles. The highest BCUT2D eigenvalue weighted by molar-refractivity contribution is 9.10. The van der Waals surface area contributed by atoms with Crippen LogP contribution in [0.5, 0.6) is 5.75 Å². The van der Waals surface area contributed by atoms with E-state index in [2.05, 4.69) is 26.9 Å². The molecule has 34 heavy (non-hydrogen) atoms. The Kier molecular flexibility index (Phi) is 6.61. The van der Waals surface area contributed by atoms with Crippen LogP contribution in [-0.2, 0) is 11.4 Å². The lowest BCUT2D eigenvalue weighted by atomic mass is 9.86. The predicted molar refractivity (Wildman–Crippen MR) is 138 cm³/mol. The number of hydrogen-bond donors (Lipinski definition) is 0.